The van der Waals surface area contributed by atoms with Gasteiger partial charge in [-0.25, -0.2) is 4.98 Å². The van der Waals surface area contributed by atoms with E-state index in [0.29, 0.717) is 11.6 Å². The van der Waals surface area contributed by atoms with Crippen LogP contribution in [0.5, 0.6) is 11.6 Å². The zero-order valence-electron chi connectivity index (χ0n) is 12.3. The third-order valence-corrected chi connectivity index (χ3v) is 3.10. The van der Waals surface area contributed by atoms with E-state index in [-0.39, 0.29) is 12.0 Å². The number of ether oxygens (including phenoxy) is 1. The summed E-state index contributed by atoms with van der Waals surface area (Å²) < 4.78 is 5.72. The standard InChI is InChI=1S/C16H20N2O2/c1-11-7-12(16(2,3)4)5-6-14(11)20-15-9-17-13(10-19)8-18-15/h5-9,19H,10H2,1-4H3. The lowest BCUT2D eigenvalue weighted by Crippen LogP contribution is -2.11. The first-order chi connectivity index (χ1) is 9.40. The third-order valence-electron chi connectivity index (χ3n) is 3.10. The van der Waals surface area contributed by atoms with Gasteiger partial charge in [-0.05, 0) is 29.5 Å². The van der Waals surface area contributed by atoms with Crippen molar-refractivity contribution in [1.29, 1.82) is 0 Å². The molecule has 0 aliphatic heterocycles. The van der Waals surface area contributed by atoms with Crippen LogP contribution in [0.4, 0.5) is 0 Å². The minimum Gasteiger partial charge on any atom is -0.437 e. The Balaban J connectivity index is 2.21. The van der Waals surface area contributed by atoms with Crippen molar-refractivity contribution >= 4 is 0 Å². The van der Waals surface area contributed by atoms with Crippen LogP contribution in [0.1, 0.15) is 37.6 Å². The molecule has 106 valence electrons. The van der Waals surface area contributed by atoms with E-state index in [2.05, 4.69) is 42.9 Å². The van der Waals surface area contributed by atoms with E-state index in [0.717, 1.165) is 11.3 Å². The Bertz CT molecular complexity index is 586. The van der Waals surface area contributed by atoms with Gasteiger partial charge >= 0.3 is 0 Å². The first-order valence-electron chi connectivity index (χ1n) is 6.61. The maximum atomic E-state index is 8.93. The second kappa shape index (κ2) is 5.59. The molecule has 4 nitrogen and oxygen atoms in total. The number of aryl methyl sites for hydroxylation is 1. The van der Waals surface area contributed by atoms with Gasteiger partial charge in [0.25, 0.3) is 0 Å². The fourth-order valence-corrected chi connectivity index (χ4v) is 1.82. The molecule has 0 unspecified atom stereocenters. The molecule has 1 N–H and O–H groups in total. The molecule has 0 saturated heterocycles. The van der Waals surface area contributed by atoms with E-state index in [4.69, 9.17) is 9.84 Å². The predicted octanol–water partition coefficient (Wildman–Crippen LogP) is 3.37. The summed E-state index contributed by atoms with van der Waals surface area (Å²) in [5.41, 5.74) is 2.97. The molecule has 0 bridgehead atoms. The lowest BCUT2D eigenvalue weighted by molar-refractivity contribution is 0.276. The third kappa shape index (κ3) is 3.33. The summed E-state index contributed by atoms with van der Waals surface area (Å²) in [5, 5.41) is 8.93. The van der Waals surface area contributed by atoms with Crippen molar-refractivity contribution in [1.82, 2.24) is 9.97 Å². The van der Waals surface area contributed by atoms with Crippen molar-refractivity contribution in [3.63, 3.8) is 0 Å². The van der Waals surface area contributed by atoms with E-state index in [1.54, 1.807) is 0 Å². The summed E-state index contributed by atoms with van der Waals surface area (Å²) in [6.45, 7) is 8.44. The van der Waals surface area contributed by atoms with Crippen molar-refractivity contribution in [2.75, 3.05) is 0 Å². The van der Waals surface area contributed by atoms with Gasteiger partial charge in [-0.2, -0.15) is 0 Å². The second-order valence-electron chi connectivity index (χ2n) is 5.84. The van der Waals surface area contributed by atoms with Gasteiger partial charge in [0, 0.05) is 0 Å². The quantitative estimate of drug-likeness (QED) is 0.930. The Morgan fingerprint density at radius 2 is 1.90 bits per heavy atom. The Morgan fingerprint density at radius 1 is 1.15 bits per heavy atom. The number of hydrogen-bond donors (Lipinski definition) is 1. The normalized spacial score (nSPS) is 11.4. The lowest BCUT2D eigenvalue weighted by Gasteiger charge is -2.20. The molecule has 1 heterocycles. The van der Waals surface area contributed by atoms with Crippen LogP contribution >= 0.6 is 0 Å². The maximum Gasteiger partial charge on any atom is 0.237 e. The monoisotopic (exact) mass is 272 g/mol. The molecule has 0 radical (unpaired) electrons. The number of aromatic nitrogens is 2. The van der Waals surface area contributed by atoms with Crippen molar-refractivity contribution in [3.8, 4) is 11.6 Å². The molecule has 1 aromatic carbocycles. The molecule has 0 saturated carbocycles. The fourth-order valence-electron chi connectivity index (χ4n) is 1.82. The van der Waals surface area contributed by atoms with Crippen LogP contribution in [0.15, 0.2) is 30.6 Å². The van der Waals surface area contributed by atoms with Crippen LogP contribution in [0, 0.1) is 6.92 Å². The Morgan fingerprint density at radius 3 is 2.40 bits per heavy atom. The number of benzene rings is 1. The molecular weight excluding hydrogens is 252 g/mol. The second-order valence-corrected chi connectivity index (χ2v) is 5.84. The first-order valence-corrected chi connectivity index (χ1v) is 6.61. The average molecular weight is 272 g/mol. The van der Waals surface area contributed by atoms with Crippen molar-refractivity contribution in [2.45, 2.75) is 39.7 Å². The number of nitrogens with zero attached hydrogens (tertiary/aromatic N) is 2. The molecule has 0 fully saturated rings. The number of rotatable bonds is 3. The summed E-state index contributed by atoms with van der Waals surface area (Å²) in [7, 11) is 0. The van der Waals surface area contributed by atoms with Crippen LogP contribution in [0.25, 0.3) is 0 Å². The van der Waals surface area contributed by atoms with Crippen molar-refractivity contribution in [3.05, 3.63) is 47.4 Å². The average Bonchev–Trinajstić information content (AvgIpc) is 2.41. The molecule has 0 aliphatic rings. The van der Waals surface area contributed by atoms with Crippen LogP contribution in [-0.4, -0.2) is 15.1 Å². The highest BCUT2D eigenvalue weighted by Crippen LogP contribution is 2.29. The minimum atomic E-state index is -0.118. The highest BCUT2D eigenvalue weighted by atomic mass is 16.5. The Labute approximate surface area is 119 Å². The molecule has 0 atom stereocenters. The zero-order valence-corrected chi connectivity index (χ0v) is 12.3. The zero-order chi connectivity index (χ0) is 14.8. The molecule has 2 rings (SSSR count). The van der Waals surface area contributed by atoms with Gasteiger partial charge in [0.05, 0.1) is 24.7 Å². The molecule has 0 spiro atoms. The lowest BCUT2D eigenvalue weighted by atomic mass is 9.86. The van der Waals surface area contributed by atoms with E-state index in [9.17, 15) is 0 Å². The molecule has 0 amide bonds. The summed E-state index contributed by atoms with van der Waals surface area (Å²) in [6.07, 6.45) is 3.02. The molecule has 1 aromatic heterocycles. The first kappa shape index (κ1) is 14.5. The predicted molar refractivity (Wildman–Crippen MR) is 77.9 cm³/mol. The van der Waals surface area contributed by atoms with E-state index in [1.165, 1.54) is 18.0 Å². The van der Waals surface area contributed by atoms with Gasteiger partial charge in [0.1, 0.15) is 5.75 Å². The summed E-state index contributed by atoms with van der Waals surface area (Å²) in [4.78, 5) is 8.15. The molecular formula is C16H20N2O2. The van der Waals surface area contributed by atoms with Gasteiger partial charge < -0.3 is 9.84 Å². The molecule has 0 aliphatic carbocycles. The van der Waals surface area contributed by atoms with Gasteiger partial charge in [0.2, 0.25) is 5.88 Å². The van der Waals surface area contributed by atoms with Gasteiger partial charge in [-0.1, -0.05) is 32.9 Å². The summed E-state index contributed by atoms with van der Waals surface area (Å²) in [6, 6.07) is 6.15. The SMILES string of the molecule is Cc1cc(C(C)(C)C)ccc1Oc1cnc(CO)cn1. The minimum absolute atomic E-state index is 0.117. The van der Waals surface area contributed by atoms with Crippen LogP contribution < -0.4 is 4.74 Å². The largest absolute Gasteiger partial charge is 0.437 e. The maximum absolute atomic E-state index is 8.93. The number of aliphatic hydroxyl groups excluding tert-OH is 1. The molecule has 20 heavy (non-hydrogen) atoms. The highest BCUT2D eigenvalue weighted by molar-refractivity contribution is 5.40. The summed E-state index contributed by atoms with van der Waals surface area (Å²) in [5.74, 6) is 1.19. The highest BCUT2D eigenvalue weighted by Gasteiger charge is 2.15. The topological polar surface area (TPSA) is 55.2 Å². The Kier molecular flexibility index (Phi) is 4.04. The fraction of sp³-hybridized carbons (Fsp3) is 0.375. The van der Waals surface area contributed by atoms with Gasteiger partial charge in [-0.3, -0.25) is 4.98 Å². The smallest absolute Gasteiger partial charge is 0.237 e. The van der Waals surface area contributed by atoms with Crippen LogP contribution in [-0.2, 0) is 12.0 Å². The molecule has 2 aromatic rings. The Hall–Kier alpha value is -1.94. The van der Waals surface area contributed by atoms with E-state index < -0.39 is 0 Å². The van der Waals surface area contributed by atoms with Crippen molar-refractivity contribution in [2.24, 2.45) is 0 Å². The van der Waals surface area contributed by atoms with E-state index >= 15 is 0 Å². The number of aliphatic hydroxyl groups is 1. The summed E-state index contributed by atoms with van der Waals surface area (Å²) >= 11 is 0. The van der Waals surface area contributed by atoms with E-state index in [1.807, 2.05) is 13.0 Å². The van der Waals surface area contributed by atoms with Gasteiger partial charge in [-0.15, -0.1) is 0 Å². The van der Waals surface area contributed by atoms with Crippen molar-refractivity contribution < 1.29 is 9.84 Å². The van der Waals surface area contributed by atoms with Crippen LogP contribution in [0.2, 0.25) is 0 Å². The molecule has 4 heteroatoms. The van der Waals surface area contributed by atoms with Gasteiger partial charge in [0.15, 0.2) is 0 Å². The number of hydrogen-bond acceptors (Lipinski definition) is 4. The van der Waals surface area contributed by atoms with Crippen LogP contribution in [0.3, 0.4) is 0 Å².